The fourth-order valence-corrected chi connectivity index (χ4v) is 2.72. The molecule has 0 aromatic carbocycles. The Morgan fingerprint density at radius 1 is 1.25 bits per heavy atom. The molecule has 1 N–H and O–H groups in total. The predicted octanol–water partition coefficient (Wildman–Crippen LogP) is 3.49. The van der Waals surface area contributed by atoms with E-state index in [0.29, 0.717) is 5.92 Å². The lowest BCUT2D eigenvalue weighted by Crippen LogP contribution is -2.41. The fourth-order valence-electron chi connectivity index (χ4n) is 2.16. The van der Waals surface area contributed by atoms with E-state index in [-0.39, 0.29) is 17.9 Å². The number of hydrogen-bond acceptors (Lipinski definition) is 1. The highest BCUT2D eigenvalue weighted by molar-refractivity contribution is 9.09. The van der Waals surface area contributed by atoms with E-state index in [0.717, 1.165) is 18.2 Å². The van der Waals surface area contributed by atoms with Crippen molar-refractivity contribution in [1.29, 1.82) is 0 Å². The van der Waals surface area contributed by atoms with Crippen molar-refractivity contribution < 1.29 is 4.79 Å². The van der Waals surface area contributed by atoms with E-state index in [9.17, 15) is 4.79 Å². The minimum absolute atomic E-state index is 0.271. The summed E-state index contributed by atoms with van der Waals surface area (Å²) in [5.41, 5.74) is 0. The molecule has 3 heteroatoms. The van der Waals surface area contributed by atoms with Crippen LogP contribution in [-0.2, 0) is 4.79 Å². The van der Waals surface area contributed by atoms with Gasteiger partial charge in [0.25, 0.3) is 0 Å². The maximum absolute atomic E-state index is 12.1. The van der Waals surface area contributed by atoms with Gasteiger partial charge in [-0.3, -0.25) is 4.79 Å². The molecule has 0 aromatic heterocycles. The third-order valence-corrected chi connectivity index (χ3v) is 4.71. The van der Waals surface area contributed by atoms with Gasteiger partial charge in [0.2, 0.25) is 5.91 Å². The van der Waals surface area contributed by atoms with Crippen molar-refractivity contribution >= 4 is 21.8 Å². The highest BCUT2D eigenvalue weighted by Gasteiger charge is 2.22. The lowest BCUT2D eigenvalue weighted by Gasteiger charge is -2.22. The number of alkyl halides is 1. The highest BCUT2D eigenvalue weighted by Crippen LogP contribution is 2.23. The second kappa shape index (κ2) is 7.31. The van der Waals surface area contributed by atoms with Gasteiger partial charge in [-0.1, -0.05) is 48.5 Å². The summed E-state index contributed by atoms with van der Waals surface area (Å²) >= 11 is 3.46. The van der Waals surface area contributed by atoms with Crippen molar-refractivity contribution in [1.82, 2.24) is 5.32 Å². The molecule has 2 nitrogen and oxygen atoms in total. The molecular weight excluding hydrogens is 266 g/mol. The first kappa shape index (κ1) is 14.0. The molecule has 0 aromatic rings. The van der Waals surface area contributed by atoms with E-state index in [1.807, 2.05) is 0 Å². The molecule has 16 heavy (non-hydrogen) atoms. The molecule has 2 unspecified atom stereocenters. The van der Waals surface area contributed by atoms with Crippen molar-refractivity contribution in [2.45, 2.75) is 58.4 Å². The predicted molar refractivity (Wildman–Crippen MR) is 71.8 cm³/mol. The standard InChI is InChI=1S/C13H24BrNO/c1-10(9-14)11(2)15-13(16)12-7-5-3-4-6-8-12/h10-12H,3-9H2,1-2H3,(H,15,16). The Hall–Kier alpha value is -0.0500. The van der Waals surface area contributed by atoms with E-state index in [1.165, 1.54) is 25.7 Å². The number of carbonyl (C=O) groups excluding carboxylic acids is 1. The van der Waals surface area contributed by atoms with Gasteiger partial charge >= 0.3 is 0 Å². The fraction of sp³-hybridized carbons (Fsp3) is 0.923. The molecule has 1 amide bonds. The van der Waals surface area contributed by atoms with E-state index in [1.54, 1.807) is 0 Å². The molecule has 0 saturated heterocycles. The van der Waals surface area contributed by atoms with E-state index < -0.39 is 0 Å². The first-order chi connectivity index (χ1) is 7.65. The normalized spacial score (nSPS) is 22.2. The van der Waals surface area contributed by atoms with Crippen molar-refractivity contribution in [3.63, 3.8) is 0 Å². The molecule has 94 valence electrons. The van der Waals surface area contributed by atoms with Crippen molar-refractivity contribution in [3.8, 4) is 0 Å². The molecule has 0 spiro atoms. The van der Waals surface area contributed by atoms with Gasteiger partial charge in [0.1, 0.15) is 0 Å². The largest absolute Gasteiger partial charge is 0.353 e. The lowest BCUT2D eigenvalue weighted by molar-refractivity contribution is -0.126. The molecular formula is C13H24BrNO. The van der Waals surface area contributed by atoms with Crippen LogP contribution < -0.4 is 5.32 Å². The molecule has 1 fully saturated rings. The Morgan fingerprint density at radius 2 is 1.81 bits per heavy atom. The van der Waals surface area contributed by atoms with Crippen LogP contribution >= 0.6 is 15.9 Å². The molecule has 1 aliphatic rings. The molecule has 1 aliphatic carbocycles. The molecule has 0 bridgehead atoms. The third kappa shape index (κ3) is 4.44. The maximum atomic E-state index is 12.1. The maximum Gasteiger partial charge on any atom is 0.223 e. The van der Waals surface area contributed by atoms with Crippen LogP contribution in [0.3, 0.4) is 0 Å². The van der Waals surface area contributed by atoms with E-state index in [2.05, 4.69) is 35.1 Å². The van der Waals surface area contributed by atoms with Gasteiger partial charge in [-0.2, -0.15) is 0 Å². The third-order valence-electron chi connectivity index (χ3n) is 3.69. The minimum Gasteiger partial charge on any atom is -0.353 e. The van der Waals surface area contributed by atoms with Crippen LogP contribution in [0.2, 0.25) is 0 Å². The first-order valence-corrected chi connectivity index (χ1v) is 7.63. The number of nitrogens with one attached hydrogen (secondary N) is 1. The van der Waals surface area contributed by atoms with Gasteiger partial charge < -0.3 is 5.32 Å². The van der Waals surface area contributed by atoms with Crippen LogP contribution in [0.4, 0.5) is 0 Å². The smallest absolute Gasteiger partial charge is 0.223 e. The monoisotopic (exact) mass is 289 g/mol. The first-order valence-electron chi connectivity index (χ1n) is 6.51. The van der Waals surface area contributed by atoms with Gasteiger partial charge in [0, 0.05) is 17.3 Å². The zero-order valence-corrected chi connectivity index (χ0v) is 12.1. The molecule has 2 atom stereocenters. The zero-order chi connectivity index (χ0) is 12.0. The summed E-state index contributed by atoms with van der Waals surface area (Å²) in [4.78, 5) is 12.1. The van der Waals surface area contributed by atoms with E-state index in [4.69, 9.17) is 0 Å². The topological polar surface area (TPSA) is 29.1 Å². The Kier molecular flexibility index (Phi) is 6.40. The lowest BCUT2D eigenvalue weighted by atomic mass is 9.98. The average molecular weight is 290 g/mol. The zero-order valence-electron chi connectivity index (χ0n) is 10.5. The van der Waals surface area contributed by atoms with Crippen LogP contribution in [0.25, 0.3) is 0 Å². The molecule has 1 saturated carbocycles. The summed E-state index contributed by atoms with van der Waals surface area (Å²) in [5, 5.41) is 4.10. The Balaban J connectivity index is 2.37. The Labute approximate surface area is 108 Å². The van der Waals surface area contributed by atoms with Crippen LogP contribution in [0.1, 0.15) is 52.4 Å². The summed E-state index contributed by atoms with van der Waals surface area (Å²) in [6.07, 6.45) is 7.22. The van der Waals surface area contributed by atoms with E-state index >= 15 is 0 Å². The summed E-state index contributed by atoms with van der Waals surface area (Å²) < 4.78 is 0. The molecule has 0 radical (unpaired) electrons. The summed E-state index contributed by atoms with van der Waals surface area (Å²) in [6.45, 7) is 4.26. The van der Waals surface area contributed by atoms with Crippen molar-refractivity contribution in [3.05, 3.63) is 0 Å². The number of hydrogen-bond donors (Lipinski definition) is 1. The number of halogens is 1. The van der Waals surface area contributed by atoms with Gasteiger partial charge in [0.05, 0.1) is 0 Å². The van der Waals surface area contributed by atoms with Crippen molar-refractivity contribution in [2.75, 3.05) is 5.33 Å². The molecule has 0 heterocycles. The van der Waals surface area contributed by atoms with Crippen LogP contribution in [-0.4, -0.2) is 17.3 Å². The number of rotatable bonds is 4. The molecule has 0 aliphatic heterocycles. The summed E-state index contributed by atoms with van der Waals surface area (Å²) in [5.74, 6) is 1.05. The quantitative estimate of drug-likeness (QED) is 0.623. The Morgan fingerprint density at radius 3 is 2.31 bits per heavy atom. The molecule has 1 rings (SSSR count). The van der Waals surface area contributed by atoms with Crippen LogP contribution in [0, 0.1) is 11.8 Å². The average Bonchev–Trinajstić information content (AvgIpc) is 2.56. The van der Waals surface area contributed by atoms with Gasteiger partial charge in [-0.25, -0.2) is 0 Å². The SMILES string of the molecule is CC(CBr)C(C)NC(=O)C1CCCCCC1. The summed E-state index contributed by atoms with van der Waals surface area (Å²) in [6, 6.07) is 0.273. The number of carbonyl (C=O) groups is 1. The highest BCUT2D eigenvalue weighted by atomic mass is 79.9. The Bertz CT molecular complexity index is 212. The summed E-state index contributed by atoms with van der Waals surface area (Å²) in [7, 11) is 0. The van der Waals surface area contributed by atoms with Crippen molar-refractivity contribution in [2.24, 2.45) is 11.8 Å². The van der Waals surface area contributed by atoms with Gasteiger partial charge in [-0.05, 0) is 25.7 Å². The van der Waals surface area contributed by atoms with Gasteiger partial charge in [-0.15, -0.1) is 0 Å². The van der Waals surface area contributed by atoms with Gasteiger partial charge in [0.15, 0.2) is 0 Å². The van der Waals surface area contributed by atoms with Crippen LogP contribution in [0.15, 0.2) is 0 Å². The van der Waals surface area contributed by atoms with Crippen LogP contribution in [0.5, 0.6) is 0 Å². The minimum atomic E-state index is 0.271. The number of amides is 1. The second-order valence-corrected chi connectivity index (χ2v) is 5.76. The second-order valence-electron chi connectivity index (χ2n) is 5.12.